The van der Waals surface area contributed by atoms with Gasteiger partial charge in [0.15, 0.2) is 0 Å². The van der Waals surface area contributed by atoms with Gasteiger partial charge in [0.05, 0.1) is 0 Å². The van der Waals surface area contributed by atoms with Gasteiger partial charge in [0.1, 0.15) is 0 Å². The second-order valence-electron chi connectivity index (χ2n) is 5.80. The van der Waals surface area contributed by atoms with Gasteiger partial charge in [-0.2, -0.15) is 0 Å². The molecule has 0 atom stereocenters. The molecule has 2 aromatic carbocycles. The third-order valence-electron chi connectivity index (χ3n) is 3.76. The summed E-state index contributed by atoms with van der Waals surface area (Å²) in [5.74, 6) is 0.844. The van der Waals surface area contributed by atoms with E-state index in [0.717, 1.165) is 11.4 Å². The maximum Gasteiger partial charge on any atom is 0.251 e. The zero-order chi connectivity index (χ0) is 16.8. The molecule has 0 aliphatic heterocycles. The molecule has 0 saturated heterocycles. The average molecular weight is 328 g/mol. The van der Waals surface area contributed by atoms with Gasteiger partial charge in [0.2, 0.25) is 0 Å². The lowest BCUT2D eigenvalue weighted by atomic mass is 10.1. The van der Waals surface area contributed by atoms with E-state index in [4.69, 9.17) is 0 Å². The van der Waals surface area contributed by atoms with E-state index in [-0.39, 0.29) is 5.91 Å². The number of nitrogens with one attached hydrogen (secondary N) is 1. The number of amides is 1. The number of nitrogens with zero attached hydrogens (tertiary/aromatic N) is 1. The topological polar surface area (TPSA) is 32.3 Å². The van der Waals surface area contributed by atoms with Crippen LogP contribution in [0.4, 0.5) is 5.69 Å². The minimum absolute atomic E-state index is 0.0191. The molecule has 122 valence electrons. The first-order chi connectivity index (χ1) is 11.0. The van der Waals surface area contributed by atoms with Gasteiger partial charge in [-0.05, 0) is 55.3 Å². The summed E-state index contributed by atoms with van der Waals surface area (Å²) in [6, 6.07) is 14.1. The number of aryl methyl sites for hydroxylation is 2. The Morgan fingerprint density at radius 3 is 2.57 bits per heavy atom. The summed E-state index contributed by atoms with van der Waals surface area (Å²) < 4.78 is 0. The van der Waals surface area contributed by atoms with Crippen LogP contribution in [0.2, 0.25) is 0 Å². The summed E-state index contributed by atoms with van der Waals surface area (Å²) in [6.07, 6.45) is 0. The second-order valence-corrected chi connectivity index (χ2v) is 6.96. The molecule has 4 heteroatoms. The van der Waals surface area contributed by atoms with Crippen LogP contribution in [-0.2, 0) is 0 Å². The maximum atomic E-state index is 12.2. The highest BCUT2D eigenvalue weighted by molar-refractivity contribution is 7.99. The van der Waals surface area contributed by atoms with Crippen molar-refractivity contribution in [2.75, 3.05) is 31.3 Å². The van der Waals surface area contributed by atoms with Crippen LogP contribution in [-0.4, -0.2) is 32.3 Å². The van der Waals surface area contributed by atoms with Crippen LogP contribution in [0, 0.1) is 13.8 Å². The van der Waals surface area contributed by atoms with Crippen molar-refractivity contribution in [1.29, 1.82) is 0 Å². The number of benzene rings is 2. The highest BCUT2D eigenvalue weighted by atomic mass is 32.2. The zero-order valence-electron chi connectivity index (χ0n) is 14.2. The Labute approximate surface area is 143 Å². The summed E-state index contributed by atoms with van der Waals surface area (Å²) >= 11 is 1.77. The zero-order valence-corrected chi connectivity index (χ0v) is 15.0. The van der Waals surface area contributed by atoms with Gasteiger partial charge in [-0.15, -0.1) is 11.8 Å². The van der Waals surface area contributed by atoms with E-state index in [9.17, 15) is 4.79 Å². The van der Waals surface area contributed by atoms with E-state index < -0.39 is 0 Å². The van der Waals surface area contributed by atoms with Gasteiger partial charge in [-0.25, -0.2) is 0 Å². The molecular weight excluding hydrogens is 304 g/mol. The molecule has 3 nitrogen and oxygen atoms in total. The van der Waals surface area contributed by atoms with Crippen LogP contribution in [0.1, 0.15) is 21.5 Å². The Balaban J connectivity index is 1.82. The second kappa shape index (κ2) is 8.06. The monoisotopic (exact) mass is 328 g/mol. The Hall–Kier alpha value is -1.94. The molecule has 1 amide bonds. The summed E-state index contributed by atoms with van der Waals surface area (Å²) in [6.45, 7) is 4.90. The molecule has 0 radical (unpaired) electrons. The van der Waals surface area contributed by atoms with Gasteiger partial charge in [-0.3, -0.25) is 4.79 Å². The number of anilines is 1. The summed E-state index contributed by atoms with van der Waals surface area (Å²) in [5.41, 5.74) is 4.34. The Morgan fingerprint density at radius 1 is 1.09 bits per heavy atom. The van der Waals surface area contributed by atoms with Crippen LogP contribution in [0.3, 0.4) is 0 Å². The smallest absolute Gasteiger partial charge is 0.251 e. The largest absolute Gasteiger partial charge is 0.378 e. The fourth-order valence-electron chi connectivity index (χ4n) is 2.16. The van der Waals surface area contributed by atoms with Crippen molar-refractivity contribution < 1.29 is 4.79 Å². The molecule has 23 heavy (non-hydrogen) atoms. The van der Waals surface area contributed by atoms with Crippen molar-refractivity contribution in [3.8, 4) is 0 Å². The molecule has 0 spiro atoms. The maximum absolute atomic E-state index is 12.2. The van der Waals surface area contributed by atoms with Crippen LogP contribution in [0.15, 0.2) is 47.4 Å². The number of thioether (sulfide) groups is 1. The lowest BCUT2D eigenvalue weighted by molar-refractivity contribution is 0.0956. The Bertz CT molecular complexity index is 683. The highest BCUT2D eigenvalue weighted by Crippen LogP contribution is 2.20. The van der Waals surface area contributed by atoms with E-state index >= 15 is 0 Å². The molecular formula is C19H24N2OS. The third-order valence-corrected chi connectivity index (χ3v) is 4.75. The molecule has 0 saturated carbocycles. The van der Waals surface area contributed by atoms with Gasteiger partial charge in [0, 0.05) is 42.5 Å². The minimum atomic E-state index is -0.0191. The van der Waals surface area contributed by atoms with E-state index in [2.05, 4.69) is 37.4 Å². The minimum Gasteiger partial charge on any atom is -0.378 e. The van der Waals surface area contributed by atoms with Crippen molar-refractivity contribution in [3.63, 3.8) is 0 Å². The van der Waals surface area contributed by atoms with E-state index in [1.807, 2.05) is 43.3 Å². The molecule has 0 fully saturated rings. The number of rotatable bonds is 6. The lowest BCUT2D eigenvalue weighted by Gasteiger charge is -2.13. The summed E-state index contributed by atoms with van der Waals surface area (Å²) in [7, 11) is 3.94. The molecule has 0 bridgehead atoms. The van der Waals surface area contributed by atoms with Crippen molar-refractivity contribution in [1.82, 2.24) is 5.32 Å². The van der Waals surface area contributed by atoms with Crippen molar-refractivity contribution in [2.24, 2.45) is 0 Å². The van der Waals surface area contributed by atoms with E-state index in [1.165, 1.54) is 16.0 Å². The number of hydrogen-bond donors (Lipinski definition) is 1. The van der Waals surface area contributed by atoms with E-state index in [0.29, 0.717) is 12.1 Å². The molecule has 0 aliphatic carbocycles. The number of carbonyl (C=O) groups excluding carboxylic acids is 1. The SMILES string of the molecule is Cc1ccc(SCCNC(=O)c2cccc(N(C)C)c2)cc1C. The Morgan fingerprint density at radius 2 is 1.87 bits per heavy atom. The fraction of sp³-hybridized carbons (Fsp3) is 0.316. The highest BCUT2D eigenvalue weighted by Gasteiger charge is 2.06. The molecule has 1 N–H and O–H groups in total. The quantitative estimate of drug-likeness (QED) is 0.645. The molecule has 2 rings (SSSR count). The van der Waals surface area contributed by atoms with Gasteiger partial charge in [0.25, 0.3) is 5.91 Å². The summed E-state index contributed by atoms with van der Waals surface area (Å²) in [5, 5.41) is 2.98. The van der Waals surface area contributed by atoms with Crippen LogP contribution >= 0.6 is 11.8 Å². The third kappa shape index (κ3) is 5.03. The first-order valence-electron chi connectivity index (χ1n) is 7.73. The van der Waals surface area contributed by atoms with Crippen molar-refractivity contribution in [2.45, 2.75) is 18.7 Å². The lowest BCUT2D eigenvalue weighted by Crippen LogP contribution is -2.26. The van der Waals surface area contributed by atoms with Crippen LogP contribution in [0.25, 0.3) is 0 Å². The van der Waals surface area contributed by atoms with Crippen LogP contribution in [0.5, 0.6) is 0 Å². The van der Waals surface area contributed by atoms with Gasteiger partial charge in [-0.1, -0.05) is 12.1 Å². The molecule has 0 heterocycles. The molecule has 0 aromatic heterocycles. The standard InChI is InChI=1S/C19H24N2OS/c1-14-8-9-18(12-15(14)2)23-11-10-20-19(22)16-6-5-7-17(13-16)21(3)4/h5-9,12-13H,10-11H2,1-4H3,(H,20,22). The number of carbonyl (C=O) groups is 1. The first kappa shape index (κ1) is 17.4. The first-order valence-corrected chi connectivity index (χ1v) is 8.71. The molecule has 0 aliphatic rings. The predicted molar refractivity (Wildman–Crippen MR) is 99.7 cm³/mol. The van der Waals surface area contributed by atoms with Crippen molar-refractivity contribution in [3.05, 3.63) is 59.2 Å². The average Bonchev–Trinajstić information content (AvgIpc) is 2.54. The van der Waals surface area contributed by atoms with Crippen LogP contribution < -0.4 is 10.2 Å². The molecule has 0 unspecified atom stereocenters. The van der Waals surface area contributed by atoms with Crippen molar-refractivity contribution >= 4 is 23.4 Å². The predicted octanol–water partition coefficient (Wildman–Crippen LogP) is 3.89. The van der Waals surface area contributed by atoms with Gasteiger partial charge >= 0.3 is 0 Å². The fourth-order valence-corrected chi connectivity index (χ4v) is 3.03. The normalized spacial score (nSPS) is 10.4. The Kier molecular flexibility index (Phi) is 6.11. The van der Waals surface area contributed by atoms with Gasteiger partial charge < -0.3 is 10.2 Å². The summed E-state index contributed by atoms with van der Waals surface area (Å²) in [4.78, 5) is 15.4. The number of hydrogen-bond acceptors (Lipinski definition) is 3. The van der Waals surface area contributed by atoms with E-state index in [1.54, 1.807) is 11.8 Å². The molecule has 2 aromatic rings.